The number of nitrogens with zero attached hydrogens (tertiary/aromatic N) is 1. The van der Waals surface area contributed by atoms with Gasteiger partial charge in [0.1, 0.15) is 16.4 Å². The predicted octanol–water partition coefficient (Wildman–Crippen LogP) is 2.82. The molecular weight excluding hydrogens is 364 g/mol. The number of hydrogen-bond donors (Lipinski definition) is 1. The Morgan fingerprint density at radius 3 is 2.67 bits per heavy atom. The van der Waals surface area contributed by atoms with E-state index in [-0.39, 0.29) is 10.8 Å². The Hall–Kier alpha value is -2.25. The van der Waals surface area contributed by atoms with Gasteiger partial charge < -0.3 is 14.4 Å². The molecule has 0 spiro atoms. The molecule has 1 atom stereocenters. The van der Waals surface area contributed by atoms with Gasteiger partial charge in [0.15, 0.2) is 0 Å². The van der Waals surface area contributed by atoms with Gasteiger partial charge in [-0.3, -0.25) is 0 Å². The first kappa shape index (κ1) is 19.5. The Balaban J connectivity index is 1.66. The lowest BCUT2D eigenvalue weighted by molar-refractivity contribution is 0.391. The van der Waals surface area contributed by atoms with E-state index in [1.54, 1.807) is 12.1 Å². The van der Waals surface area contributed by atoms with Crippen LogP contribution in [0.2, 0.25) is 0 Å². The van der Waals surface area contributed by atoms with E-state index in [1.165, 1.54) is 31.5 Å². The van der Waals surface area contributed by atoms with Gasteiger partial charge in [0.25, 0.3) is 0 Å². The fraction of sp³-hybridized carbons (Fsp3) is 0.400. The summed E-state index contributed by atoms with van der Waals surface area (Å²) in [5.74, 6) is 1.04. The van der Waals surface area contributed by atoms with E-state index in [0.29, 0.717) is 18.0 Å². The van der Waals surface area contributed by atoms with E-state index in [1.807, 2.05) is 0 Å². The van der Waals surface area contributed by atoms with Crippen molar-refractivity contribution in [3.8, 4) is 11.5 Å². The molecular formula is C20H26N2O4S. The van der Waals surface area contributed by atoms with Crippen molar-refractivity contribution >= 4 is 15.7 Å². The first-order valence-corrected chi connectivity index (χ1v) is 10.4. The van der Waals surface area contributed by atoms with Crippen molar-refractivity contribution < 1.29 is 17.9 Å². The number of methoxy groups -OCH3 is 2. The van der Waals surface area contributed by atoms with Gasteiger partial charge in [-0.1, -0.05) is 12.1 Å². The molecule has 1 fully saturated rings. The highest BCUT2D eigenvalue weighted by atomic mass is 32.2. The summed E-state index contributed by atoms with van der Waals surface area (Å²) in [5.41, 5.74) is 2.41. The molecule has 0 amide bonds. The van der Waals surface area contributed by atoms with Crippen LogP contribution in [-0.4, -0.2) is 42.3 Å². The van der Waals surface area contributed by atoms with Crippen LogP contribution >= 0.6 is 0 Å². The van der Waals surface area contributed by atoms with Gasteiger partial charge in [-0.25, -0.2) is 13.1 Å². The summed E-state index contributed by atoms with van der Waals surface area (Å²) < 4.78 is 38.6. The van der Waals surface area contributed by atoms with Gasteiger partial charge in [-0.05, 0) is 49.1 Å². The van der Waals surface area contributed by atoms with E-state index >= 15 is 0 Å². The lowest BCUT2D eigenvalue weighted by Crippen LogP contribution is -2.31. The summed E-state index contributed by atoms with van der Waals surface area (Å²) >= 11 is 0. The van der Waals surface area contributed by atoms with Crippen molar-refractivity contribution in [1.82, 2.24) is 4.72 Å². The average Bonchev–Trinajstić information content (AvgIpc) is 3.15. The van der Waals surface area contributed by atoms with Crippen LogP contribution in [0.3, 0.4) is 0 Å². The van der Waals surface area contributed by atoms with E-state index in [4.69, 9.17) is 9.47 Å². The van der Waals surface area contributed by atoms with E-state index in [9.17, 15) is 8.42 Å². The van der Waals surface area contributed by atoms with Gasteiger partial charge in [-0.15, -0.1) is 0 Å². The second-order valence-electron chi connectivity index (χ2n) is 6.81. The highest BCUT2D eigenvalue weighted by molar-refractivity contribution is 7.89. The van der Waals surface area contributed by atoms with Crippen LogP contribution < -0.4 is 19.1 Å². The van der Waals surface area contributed by atoms with Crippen LogP contribution in [-0.2, 0) is 10.0 Å². The molecule has 7 heteroatoms. The SMILES string of the molecule is COc1ccc(OC)c(S(=O)(=O)NCC2CCN(c3cccc(C)c3)C2)c1. The molecule has 1 saturated heterocycles. The third-order valence-corrected chi connectivity index (χ3v) is 6.32. The van der Waals surface area contributed by atoms with E-state index < -0.39 is 10.0 Å². The maximum absolute atomic E-state index is 12.8. The summed E-state index contributed by atoms with van der Waals surface area (Å²) in [5, 5.41) is 0. The maximum Gasteiger partial charge on any atom is 0.244 e. The lowest BCUT2D eigenvalue weighted by atomic mass is 10.1. The number of nitrogens with one attached hydrogen (secondary N) is 1. The highest BCUT2D eigenvalue weighted by Crippen LogP contribution is 2.29. The standard InChI is InChI=1S/C20H26N2O4S/c1-15-5-4-6-17(11-15)22-10-9-16(14-22)13-21-27(23,24)20-12-18(25-2)7-8-19(20)26-3/h4-8,11-12,16,21H,9-10,13-14H2,1-3H3. The van der Waals surface area contributed by atoms with Crippen LogP contribution in [0.4, 0.5) is 5.69 Å². The number of hydrogen-bond acceptors (Lipinski definition) is 5. The van der Waals surface area contributed by atoms with Gasteiger partial charge in [0.05, 0.1) is 14.2 Å². The zero-order valence-corrected chi connectivity index (χ0v) is 16.8. The molecule has 146 valence electrons. The summed E-state index contributed by atoms with van der Waals surface area (Å²) in [6.45, 7) is 4.23. The fourth-order valence-electron chi connectivity index (χ4n) is 3.36. The van der Waals surface area contributed by atoms with Gasteiger partial charge in [0.2, 0.25) is 10.0 Å². The second kappa shape index (κ2) is 8.19. The molecule has 0 aromatic heterocycles. The zero-order chi connectivity index (χ0) is 19.4. The Kier molecular flexibility index (Phi) is 5.92. The number of rotatable bonds is 7. The van der Waals surface area contributed by atoms with Crippen LogP contribution in [0.5, 0.6) is 11.5 Å². The molecule has 2 aromatic rings. The van der Waals surface area contributed by atoms with Crippen molar-refractivity contribution in [2.24, 2.45) is 5.92 Å². The molecule has 27 heavy (non-hydrogen) atoms. The minimum absolute atomic E-state index is 0.0953. The summed E-state index contributed by atoms with van der Waals surface area (Å²) in [4.78, 5) is 2.40. The van der Waals surface area contributed by atoms with Crippen LogP contribution in [0.15, 0.2) is 47.4 Å². The molecule has 6 nitrogen and oxygen atoms in total. The number of ether oxygens (including phenoxy) is 2. The Bertz CT molecular complexity index is 899. The monoisotopic (exact) mass is 390 g/mol. The predicted molar refractivity (Wildman–Crippen MR) is 106 cm³/mol. The number of aryl methyl sites for hydroxylation is 1. The summed E-state index contributed by atoms with van der Waals surface area (Å²) in [7, 11) is -0.726. The maximum atomic E-state index is 12.8. The van der Waals surface area contributed by atoms with Crippen molar-refractivity contribution in [2.45, 2.75) is 18.2 Å². The minimum atomic E-state index is -3.69. The van der Waals surface area contributed by atoms with Crippen molar-refractivity contribution in [2.75, 3.05) is 38.8 Å². The van der Waals surface area contributed by atoms with Crippen molar-refractivity contribution in [3.63, 3.8) is 0 Å². The zero-order valence-electron chi connectivity index (χ0n) is 15.9. The third kappa shape index (κ3) is 4.54. The normalized spacial score (nSPS) is 17.1. The molecule has 1 aliphatic heterocycles. The van der Waals surface area contributed by atoms with Gasteiger partial charge in [-0.2, -0.15) is 0 Å². The van der Waals surface area contributed by atoms with Crippen LogP contribution in [0.1, 0.15) is 12.0 Å². The summed E-state index contributed by atoms with van der Waals surface area (Å²) in [6.07, 6.45) is 0.950. The van der Waals surface area contributed by atoms with Crippen molar-refractivity contribution in [3.05, 3.63) is 48.0 Å². The topological polar surface area (TPSA) is 67.9 Å². The highest BCUT2D eigenvalue weighted by Gasteiger charge is 2.26. The number of sulfonamides is 1. The fourth-order valence-corrected chi connectivity index (χ4v) is 4.66. The van der Waals surface area contributed by atoms with E-state index in [2.05, 4.69) is 40.8 Å². The van der Waals surface area contributed by atoms with E-state index in [0.717, 1.165) is 19.5 Å². The van der Waals surface area contributed by atoms with Crippen LogP contribution in [0.25, 0.3) is 0 Å². The second-order valence-corrected chi connectivity index (χ2v) is 8.54. The molecule has 0 bridgehead atoms. The first-order valence-electron chi connectivity index (χ1n) is 8.96. The largest absolute Gasteiger partial charge is 0.497 e. The minimum Gasteiger partial charge on any atom is -0.497 e. The Morgan fingerprint density at radius 1 is 1.15 bits per heavy atom. The molecule has 2 aromatic carbocycles. The van der Waals surface area contributed by atoms with Gasteiger partial charge in [0, 0.05) is 31.4 Å². The number of anilines is 1. The molecule has 0 radical (unpaired) electrons. The first-order chi connectivity index (χ1) is 12.9. The molecule has 1 heterocycles. The molecule has 1 N–H and O–H groups in total. The Labute approximate surface area is 161 Å². The molecule has 0 aliphatic carbocycles. The Morgan fingerprint density at radius 2 is 1.96 bits per heavy atom. The summed E-state index contributed by atoms with van der Waals surface area (Å²) in [6, 6.07) is 13.1. The molecule has 0 saturated carbocycles. The number of benzene rings is 2. The van der Waals surface area contributed by atoms with Crippen LogP contribution in [0, 0.1) is 12.8 Å². The van der Waals surface area contributed by atoms with Crippen molar-refractivity contribution in [1.29, 1.82) is 0 Å². The smallest absolute Gasteiger partial charge is 0.244 e. The third-order valence-electron chi connectivity index (χ3n) is 4.87. The van der Waals surface area contributed by atoms with Gasteiger partial charge >= 0.3 is 0 Å². The molecule has 3 rings (SSSR count). The molecule has 1 unspecified atom stereocenters. The molecule has 1 aliphatic rings. The average molecular weight is 391 g/mol. The quantitative estimate of drug-likeness (QED) is 0.787. The lowest BCUT2D eigenvalue weighted by Gasteiger charge is -2.19.